The summed E-state index contributed by atoms with van der Waals surface area (Å²) in [6, 6.07) is -0.866. The Morgan fingerprint density at radius 2 is 2.25 bits per heavy atom. The van der Waals surface area contributed by atoms with Gasteiger partial charge >= 0.3 is 5.97 Å². The molecular formula is C9H13N3O3S. The van der Waals surface area contributed by atoms with E-state index in [9.17, 15) is 9.59 Å². The van der Waals surface area contributed by atoms with E-state index in [0.29, 0.717) is 11.3 Å². The van der Waals surface area contributed by atoms with Gasteiger partial charge in [0.15, 0.2) is 0 Å². The van der Waals surface area contributed by atoms with Gasteiger partial charge in [-0.1, -0.05) is 18.3 Å². The molecule has 0 aliphatic carbocycles. The number of carbonyl (C=O) groups is 2. The van der Waals surface area contributed by atoms with Crippen LogP contribution in [-0.4, -0.2) is 32.6 Å². The maximum atomic E-state index is 11.6. The van der Waals surface area contributed by atoms with Crippen molar-refractivity contribution in [2.75, 3.05) is 0 Å². The molecule has 0 saturated heterocycles. The van der Waals surface area contributed by atoms with Crippen LogP contribution in [0.25, 0.3) is 0 Å². The van der Waals surface area contributed by atoms with E-state index in [-0.39, 0.29) is 5.92 Å². The smallest absolute Gasteiger partial charge is 0.326 e. The summed E-state index contributed by atoms with van der Waals surface area (Å²) in [5.41, 5.74) is 0. The molecule has 1 aromatic rings. The molecule has 16 heavy (non-hydrogen) atoms. The first kappa shape index (κ1) is 12.6. The second-order valence-electron chi connectivity index (χ2n) is 3.78. The van der Waals surface area contributed by atoms with Gasteiger partial charge in [0.1, 0.15) is 10.9 Å². The second-order valence-corrected chi connectivity index (χ2v) is 4.56. The van der Waals surface area contributed by atoms with Crippen LogP contribution in [0.2, 0.25) is 0 Å². The lowest BCUT2D eigenvalue weighted by atomic mass is 10.0. The molecule has 1 heterocycles. The lowest BCUT2D eigenvalue weighted by molar-refractivity contribution is -0.139. The molecule has 1 rings (SSSR count). The number of nitrogens with one attached hydrogen (secondary N) is 1. The van der Waals surface area contributed by atoms with Crippen LogP contribution in [-0.2, 0) is 4.79 Å². The monoisotopic (exact) mass is 243 g/mol. The molecule has 6 nitrogen and oxygen atoms in total. The molecule has 88 valence electrons. The second kappa shape index (κ2) is 5.55. The predicted octanol–water partition coefficient (Wildman–Crippen LogP) is 0.767. The van der Waals surface area contributed by atoms with Gasteiger partial charge in [-0.15, -0.1) is 5.10 Å². The van der Waals surface area contributed by atoms with E-state index in [1.54, 1.807) is 0 Å². The number of aliphatic carboxylic acids is 1. The van der Waals surface area contributed by atoms with Crippen LogP contribution < -0.4 is 5.32 Å². The highest BCUT2D eigenvalue weighted by molar-refractivity contribution is 7.07. The quantitative estimate of drug-likeness (QED) is 0.796. The Hall–Kier alpha value is -1.50. The summed E-state index contributed by atoms with van der Waals surface area (Å²) in [4.78, 5) is 22.8. The van der Waals surface area contributed by atoms with E-state index < -0.39 is 17.9 Å². The fourth-order valence-corrected chi connectivity index (χ4v) is 1.61. The summed E-state index contributed by atoms with van der Waals surface area (Å²) in [5.74, 6) is -1.27. The average Bonchev–Trinajstić information content (AvgIpc) is 2.68. The number of carboxylic acids is 1. The molecule has 0 aliphatic heterocycles. The minimum absolute atomic E-state index is 0.195. The summed E-state index contributed by atoms with van der Waals surface area (Å²) in [7, 11) is 0. The summed E-state index contributed by atoms with van der Waals surface area (Å²) in [6.07, 6.45) is 1.71. The van der Waals surface area contributed by atoms with E-state index in [1.807, 2.05) is 13.8 Å². The number of carbonyl (C=O) groups excluding carboxylic acids is 1. The van der Waals surface area contributed by atoms with Gasteiger partial charge in [0.25, 0.3) is 5.91 Å². The molecule has 0 saturated carbocycles. The van der Waals surface area contributed by atoms with Crippen LogP contribution in [0.1, 0.15) is 29.9 Å². The fraction of sp³-hybridized carbons (Fsp3) is 0.556. The van der Waals surface area contributed by atoms with E-state index in [2.05, 4.69) is 14.9 Å². The van der Waals surface area contributed by atoms with Gasteiger partial charge in [0, 0.05) is 0 Å². The van der Waals surface area contributed by atoms with E-state index >= 15 is 0 Å². The topological polar surface area (TPSA) is 92.2 Å². The molecule has 1 unspecified atom stereocenters. The molecule has 2 N–H and O–H groups in total. The summed E-state index contributed by atoms with van der Waals surface area (Å²) in [5, 5.41) is 14.9. The molecule has 0 aliphatic rings. The standard InChI is InChI=1S/C9H13N3O3S/c1-5(2)3-6(9(14)15)11-8(13)7-4-10-12-16-7/h4-6H,3H2,1-2H3,(H,11,13)(H,14,15). The Morgan fingerprint density at radius 3 is 2.69 bits per heavy atom. The zero-order valence-corrected chi connectivity index (χ0v) is 9.82. The van der Waals surface area contributed by atoms with E-state index in [4.69, 9.17) is 5.11 Å². The van der Waals surface area contributed by atoms with Crippen molar-refractivity contribution >= 4 is 23.4 Å². The van der Waals surface area contributed by atoms with E-state index in [0.717, 1.165) is 11.5 Å². The van der Waals surface area contributed by atoms with Gasteiger partial charge in [-0.2, -0.15) is 0 Å². The van der Waals surface area contributed by atoms with Crippen molar-refractivity contribution in [3.8, 4) is 0 Å². The Bertz CT molecular complexity index is 364. The molecule has 0 spiro atoms. The van der Waals surface area contributed by atoms with Crippen molar-refractivity contribution in [2.24, 2.45) is 5.92 Å². The van der Waals surface area contributed by atoms with Crippen molar-refractivity contribution in [3.63, 3.8) is 0 Å². The van der Waals surface area contributed by atoms with Gasteiger partial charge in [0.05, 0.1) is 6.20 Å². The number of amides is 1. The SMILES string of the molecule is CC(C)CC(NC(=O)c1cnns1)C(=O)O. The normalized spacial score (nSPS) is 12.4. The molecule has 1 aromatic heterocycles. The summed E-state index contributed by atoms with van der Waals surface area (Å²) < 4.78 is 3.54. The van der Waals surface area contributed by atoms with Gasteiger partial charge in [-0.3, -0.25) is 4.79 Å². The highest BCUT2D eigenvalue weighted by Crippen LogP contribution is 2.07. The van der Waals surface area contributed by atoms with Crippen LogP contribution >= 0.6 is 11.5 Å². The zero-order valence-electron chi connectivity index (χ0n) is 9.01. The lowest BCUT2D eigenvalue weighted by Crippen LogP contribution is -2.41. The van der Waals surface area contributed by atoms with Crippen LogP contribution in [0.15, 0.2) is 6.20 Å². The molecule has 7 heteroatoms. The van der Waals surface area contributed by atoms with Crippen LogP contribution in [0, 0.1) is 5.92 Å². The number of hydrogen-bond donors (Lipinski definition) is 2. The van der Waals surface area contributed by atoms with Crippen molar-refractivity contribution in [3.05, 3.63) is 11.1 Å². The van der Waals surface area contributed by atoms with Crippen molar-refractivity contribution < 1.29 is 14.7 Å². The van der Waals surface area contributed by atoms with Crippen molar-refractivity contribution in [2.45, 2.75) is 26.3 Å². The third kappa shape index (κ3) is 3.58. The zero-order chi connectivity index (χ0) is 12.1. The number of aromatic nitrogens is 2. The minimum atomic E-state index is -1.03. The first-order valence-corrected chi connectivity index (χ1v) is 5.59. The number of rotatable bonds is 5. The lowest BCUT2D eigenvalue weighted by Gasteiger charge is -2.15. The number of carboxylic acid groups (broad SMARTS) is 1. The Kier molecular flexibility index (Phi) is 4.36. The fourth-order valence-electron chi connectivity index (χ4n) is 1.19. The molecule has 0 bridgehead atoms. The summed E-state index contributed by atoms with van der Waals surface area (Å²) >= 11 is 0.938. The van der Waals surface area contributed by atoms with Crippen LogP contribution in [0.4, 0.5) is 0 Å². The minimum Gasteiger partial charge on any atom is -0.480 e. The molecule has 0 aromatic carbocycles. The maximum Gasteiger partial charge on any atom is 0.326 e. The Labute approximate surface area is 96.8 Å². The Balaban J connectivity index is 2.62. The van der Waals surface area contributed by atoms with Crippen molar-refractivity contribution in [1.82, 2.24) is 14.9 Å². The van der Waals surface area contributed by atoms with Gasteiger partial charge in [-0.25, -0.2) is 4.79 Å². The maximum absolute atomic E-state index is 11.6. The van der Waals surface area contributed by atoms with Gasteiger partial charge < -0.3 is 10.4 Å². The van der Waals surface area contributed by atoms with Crippen LogP contribution in [0.5, 0.6) is 0 Å². The molecule has 0 fully saturated rings. The van der Waals surface area contributed by atoms with Crippen LogP contribution in [0.3, 0.4) is 0 Å². The molecule has 1 amide bonds. The third-order valence-corrected chi connectivity index (χ3v) is 2.56. The highest BCUT2D eigenvalue weighted by Gasteiger charge is 2.22. The largest absolute Gasteiger partial charge is 0.480 e. The summed E-state index contributed by atoms with van der Waals surface area (Å²) in [6.45, 7) is 3.80. The molecular weight excluding hydrogens is 230 g/mol. The predicted molar refractivity (Wildman–Crippen MR) is 58.3 cm³/mol. The van der Waals surface area contributed by atoms with Gasteiger partial charge in [0.2, 0.25) is 0 Å². The third-order valence-electron chi connectivity index (χ3n) is 1.90. The van der Waals surface area contributed by atoms with Crippen molar-refractivity contribution in [1.29, 1.82) is 0 Å². The molecule has 0 radical (unpaired) electrons. The van der Waals surface area contributed by atoms with E-state index in [1.165, 1.54) is 6.20 Å². The first-order chi connectivity index (χ1) is 7.50. The van der Waals surface area contributed by atoms with Gasteiger partial charge in [-0.05, 0) is 23.9 Å². The molecule has 1 atom stereocenters. The Morgan fingerprint density at radius 1 is 1.56 bits per heavy atom. The first-order valence-electron chi connectivity index (χ1n) is 4.81. The average molecular weight is 243 g/mol. The highest BCUT2D eigenvalue weighted by atomic mass is 32.1. The number of hydrogen-bond acceptors (Lipinski definition) is 5. The number of nitrogens with zero attached hydrogens (tertiary/aromatic N) is 2.